The standard InChI is InChI=1S/C22H17F7IN3O5/c23-13-9-11(30)3-6-14(13)31-18(35)16(17(21(24,25)26)22(27,28)29)33-19(36)15(32-20(33)37)10-1-4-12(5-2-10)38-8-7-34/h1-6,9,15-17,34H,7-8H2,(H,31,35)(H,32,37). The second-order valence-electron chi connectivity index (χ2n) is 7.85. The SMILES string of the molecule is O=C(Nc1ccc(I)cc1F)C(C(C(F)(F)F)C(F)(F)F)N1C(=O)NC(c2ccc(OCCO)cc2)C1=O. The molecule has 1 aliphatic rings. The minimum atomic E-state index is -6.13. The summed E-state index contributed by atoms with van der Waals surface area (Å²) < 4.78 is 102. The van der Waals surface area contributed by atoms with Crippen molar-refractivity contribution in [1.82, 2.24) is 10.2 Å². The number of hydrogen-bond acceptors (Lipinski definition) is 5. The number of hydrogen-bond donors (Lipinski definition) is 3. The summed E-state index contributed by atoms with van der Waals surface area (Å²) >= 11 is 1.68. The average molecular weight is 663 g/mol. The molecule has 16 heteroatoms. The first-order chi connectivity index (χ1) is 17.6. The van der Waals surface area contributed by atoms with Crippen molar-refractivity contribution in [3.05, 3.63) is 57.4 Å². The van der Waals surface area contributed by atoms with Crippen LogP contribution < -0.4 is 15.4 Å². The largest absolute Gasteiger partial charge is 0.491 e. The zero-order chi connectivity index (χ0) is 28.4. The number of urea groups is 1. The molecule has 1 saturated heterocycles. The Labute approximate surface area is 223 Å². The van der Waals surface area contributed by atoms with Gasteiger partial charge in [-0.1, -0.05) is 12.1 Å². The Balaban J connectivity index is 2.02. The first kappa shape index (κ1) is 29.4. The van der Waals surface area contributed by atoms with Crippen LogP contribution in [0.3, 0.4) is 0 Å². The zero-order valence-electron chi connectivity index (χ0n) is 18.7. The number of halogens is 8. The molecule has 0 bridgehead atoms. The number of carbonyl (C=O) groups is 3. The molecule has 3 rings (SSSR count). The predicted molar refractivity (Wildman–Crippen MR) is 124 cm³/mol. The van der Waals surface area contributed by atoms with Gasteiger partial charge < -0.3 is 20.5 Å². The Kier molecular flexibility index (Phi) is 8.75. The van der Waals surface area contributed by atoms with Crippen LogP contribution in [0.5, 0.6) is 5.75 Å². The summed E-state index contributed by atoms with van der Waals surface area (Å²) in [7, 11) is 0. The molecule has 0 saturated carbocycles. The van der Waals surface area contributed by atoms with Crippen molar-refractivity contribution in [2.24, 2.45) is 5.92 Å². The molecule has 8 nitrogen and oxygen atoms in total. The number of nitrogens with zero attached hydrogens (tertiary/aromatic N) is 1. The van der Waals surface area contributed by atoms with E-state index in [-0.39, 0.29) is 24.5 Å². The van der Waals surface area contributed by atoms with Gasteiger partial charge in [0, 0.05) is 3.57 Å². The monoisotopic (exact) mass is 663 g/mol. The number of alkyl halides is 6. The Hall–Kier alpha value is -3.15. The summed E-state index contributed by atoms with van der Waals surface area (Å²) in [6, 6.07) is 1.07. The normalized spacial score (nSPS) is 17.0. The third-order valence-corrected chi connectivity index (χ3v) is 5.97. The molecule has 0 spiro atoms. The van der Waals surface area contributed by atoms with E-state index in [9.17, 15) is 45.1 Å². The summed E-state index contributed by atoms with van der Waals surface area (Å²) in [5.41, 5.74) is -0.800. The van der Waals surface area contributed by atoms with Crippen LogP contribution in [-0.2, 0) is 9.59 Å². The maximum atomic E-state index is 14.2. The second kappa shape index (κ2) is 11.3. The highest BCUT2D eigenvalue weighted by molar-refractivity contribution is 14.1. The van der Waals surface area contributed by atoms with Gasteiger partial charge in [0.05, 0.1) is 12.3 Å². The summed E-state index contributed by atoms with van der Waals surface area (Å²) in [5, 5.41) is 12.4. The fraction of sp³-hybridized carbons (Fsp3) is 0.318. The minimum Gasteiger partial charge on any atom is -0.491 e. The van der Waals surface area contributed by atoms with Crippen LogP contribution in [-0.4, -0.2) is 59.5 Å². The van der Waals surface area contributed by atoms with Crippen LogP contribution in [0.25, 0.3) is 0 Å². The molecule has 4 amide bonds. The third kappa shape index (κ3) is 6.46. The van der Waals surface area contributed by atoms with E-state index >= 15 is 0 Å². The molecule has 38 heavy (non-hydrogen) atoms. The lowest BCUT2D eigenvalue weighted by atomic mass is 9.95. The lowest BCUT2D eigenvalue weighted by Gasteiger charge is -2.33. The molecule has 2 atom stereocenters. The first-order valence-corrected chi connectivity index (χ1v) is 11.6. The van der Waals surface area contributed by atoms with E-state index in [1.165, 1.54) is 30.3 Å². The molecule has 2 unspecified atom stereocenters. The van der Waals surface area contributed by atoms with E-state index in [0.717, 1.165) is 12.1 Å². The van der Waals surface area contributed by atoms with Gasteiger partial charge in [0.1, 0.15) is 30.3 Å². The first-order valence-electron chi connectivity index (χ1n) is 10.5. The topological polar surface area (TPSA) is 108 Å². The van der Waals surface area contributed by atoms with Gasteiger partial charge in [-0.25, -0.2) is 14.1 Å². The predicted octanol–water partition coefficient (Wildman–Crippen LogP) is 4.14. The van der Waals surface area contributed by atoms with E-state index in [2.05, 4.69) is 0 Å². The van der Waals surface area contributed by atoms with Crippen molar-refractivity contribution in [2.75, 3.05) is 18.5 Å². The van der Waals surface area contributed by atoms with Gasteiger partial charge in [-0.05, 0) is 58.5 Å². The Morgan fingerprint density at radius 3 is 2.21 bits per heavy atom. The molecule has 0 aliphatic carbocycles. The third-order valence-electron chi connectivity index (χ3n) is 5.30. The maximum Gasteiger partial charge on any atom is 0.403 e. The Bertz CT molecular complexity index is 1190. The van der Waals surface area contributed by atoms with Crippen molar-refractivity contribution >= 4 is 46.1 Å². The van der Waals surface area contributed by atoms with E-state index in [4.69, 9.17) is 9.84 Å². The second-order valence-corrected chi connectivity index (χ2v) is 9.10. The number of benzene rings is 2. The number of rotatable bonds is 8. The number of ether oxygens (including phenoxy) is 1. The average Bonchev–Trinajstić information content (AvgIpc) is 3.10. The summed E-state index contributed by atoms with van der Waals surface area (Å²) in [4.78, 5) is 38.0. The molecule has 1 aliphatic heterocycles. The van der Waals surface area contributed by atoms with Gasteiger partial charge in [-0.3, -0.25) is 9.59 Å². The fourth-order valence-corrected chi connectivity index (χ4v) is 4.12. The van der Waals surface area contributed by atoms with E-state index in [1.807, 2.05) is 5.32 Å². The number of amides is 4. The van der Waals surface area contributed by atoms with Gasteiger partial charge in [-0.2, -0.15) is 26.3 Å². The molecular formula is C22H17F7IN3O5. The van der Waals surface area contributed by atoms with Crippen LogP contribution in [0.2, 0.25) is 0 Å². The van der Waals surface area contributed by atoms with Crippen LogP contribution in [0.1, 0.15) is 11.6 Å². The van der Waals surface area contributed by atoms with Gasteiger partial charge in [0.15, 0.2) is 5.92 Å². The van der Waals surface area contributed by atoms with Crippen LogP contribution >= 0.6 is 22.6 Å². The molecule has 206 valence electrons. The number of anilines is 1. The zero-order valence-corrected chi connectivity index (χ0v) is 20.9. The molecule has 1 heterocycles. The number of aliphatic hydroxyl groups excluding tert-OH is 1. The summed E-state index contributed by atoms with van der Waals surface area (Å²) in [6.45, 7) is -0.399. The highest BCUT2D eigenvalue weighted by atomic mass is 127. The van der Waals surface area contributed by atoms with E-state index in [1.54, 1.807) is 27.9 Å². The number of carbonyl (C=O) groups excluding carboxylic acids is 3. The van der Waals surface area contributed by atoms with Gasteiger partial charge in [0.2, 0.25) is 5.91 Å². The summed E-state index contributed by atoms with van der Waals surface area (Å²) in [5.74, 6) is -9.09. The summed E-state index contributed by atoms with van der Waals surface area (Å²) in [6.07, 6.45) is -12.3. The molecule has 0 radical (unpaired) electrons. The highest BCUT2D eigenvalue weighted by Crippen LogP contribution is 2.44. The lowest BCUT2D eigenvalue weighted by Crippen LogP contribution is -2.59. The van der Waals surface area contributed by atoms with Gasteiger partial charge in [0.25, 0.3) is 5.91 Å². The quantitative estimate of drug-likeness (QED) is 0.224. The van der Waals surface area contributed by atoms with Crippen molar-refractivity contribution < 1.29 is 55.0 Å². The van der Waals surface area contributed by atoms with Crippen LogP contribution in [0, 0.1) is 15.3 Å². The molecule has 3 N–H and O–H groups in total. The van der Waals surface area contributed by atoms with Crippen molar-refractivity contribution in [2.45, 2.75) is 24.4 Å². The number of aliphatic hydroxyl groups is 1. The fourth-order valence-electron chi connectivity index (χ4n) is 3.66. The molecular weight excluding hydrogens is 646 g/mol. The Morgan fingerprint density at radius 1 is 1.08 bits per heavy atom. The highest BCUT2D eigenvalue weighted by Gasteiger charge is 2.66. The van der Waals surface area contributed by atoms with Crippen LogP contribution in [0.15, 0.2) is 42.5 Å². The van der Waals surface area contributed by atoms with Gasteiger partial charge in [-0.15, -0.1) is 0 Å². The minimum absolute atomic E-state index is 0.0411. The van der Waals surface area contributed by atoms with Gasteiger partial charge >= 0.3 is 18.4 Å². The van der Waals surface area contributed by atoms with Crippen molar-refractivity contribution in [3.8, 4) is 5.75 Å². The van der Waals surface area contributed by atoms with Crippen molar-refractivity contribution in [1.29, 1.82) is 0 Å². The lowest BCUT2D eigenvalue weighted by molar-refractivity contribution is -0.293. The van der Waals surface area contributed by atoms with Crippen LogP contribution in [0.4, 0.5) is 41.2 Å². The van der Waals surface area contributed by atoms with Crippen molar-refractivity contribution in [3.63, 3.8) is 0 Å². The molecule has 1 fully saturated rings. The Morgan fingerprint density at radius 2 is 1.68 bits per heavy atom. The molecule has 2 aromatic carbocycles. The molecule has 0 aromatic heterocycles. The molecule has 2 aromatic rings. The van der Waals surface area contributed by atoms with E-state index in [0.29, 0.717) is 3.57 Å². The number of nitrogens with one attached hydrogen (secondary N) is 2. The maximum absolute atomic E-state index is 14.2. The smallest absolute Gasteiger partial charge is 0.403 e. The number of imide groups is 1. The van der Waals surface area contributed by atoms with E-state index < -0.39 is 64.6 Å².